The van der Waals surface area contributed by atoms with Gasteiger partial charge in [-0.05, 0) is 45.4 Å². The van der Waals surface area contributed by atoms with Crippen LogP contribution >= 0.6 is 0 Å². The van der Waals surface area contributed by atoms with Gasteiger partial charge in [-0.2, -0.15) is 0 Å². The van der Waals surface area contributed by atoms with E-state index in [1.165, 1.54) is 6.07 Å². The maximum Gasteiger partial charge on any atom is 0.128 e. The van der Waals surface area contributed by atoms with Gasteiger partial charge in [0.25, 0.3) is 0 Å². The minimum atomic E-state index is -0.144. The highest BCUT2D eigenvalue weighted by Gasteiger charge is 2.16. The molecule has 0 spiro atoms. The topological polar surface area (TPSA) is 29.3 Å². The van der Waals surface area contributed by atoms with E-state index in [4.69, 9.17) is 5.73 Å². The van der Waals surface area contributed by atoms with Gasteiger partial charge in [0.1, 0.15) is 5.82 Å². The highest BCUT2D eigenvalue weighted by Crippen LogP contribution is 2.26. The molecule has 2 nitrogen and oxygen atoms in total. The highest BCUT2D eigenvalue weighted by molar-refractivity contribution is 5.55. The molecule has 1 rings (SSSR count). The first-order valence-electron chi connectivity index (χ1n) is 6.39. The summed E-state index contributed by atoms with van der Waals surface area (Å²) in [4.78, 5) is 2.24. The monoisotopic (exact) mass is 238 g/mol. The van der Waals surface area contributed by atoms with Gasteiger partial charge in [-0.3, -0.25) is 0 Å². The van der Waals surface area contributed by atoms with Gasteiger partial charge in [0, 0.05) is 23.8 Å². The third-order valence-electron chi connectivity index (χ3n) is 3.26. The molecule has 96 valence electrons. The smallest absolute Gasteiger partial charge is 0.128 e. The molecule has 0 radical (unpaired) electrons. The van der Waals surface area contributed by atoms with Crippen LogP contribution in [-0.4, -0.2) is 19.1 Å². The SMILES string of the molecule is CCC(C)N(CC)c1cccc(F)c1CCN. The fraction of sp³-hybridized carbons (Fsp3) is 0.571. The first kappa shape index (κ1) is 14.0. The maximum atomic E-state index is 13.8. The average molecular weight is 238 g/mol. The van der Waals surface area contributed by atoms with Crippen molar-refractivity contribution in [2.24, 2.45) is 5.73 Å². The summed E-state index contributed by atoms with van der Waals surface area (Å²) in [6.45, 7) is 7.78. The summed E-state index contributed by atoms with van der Waals surface area (Å²) in [5.74, 6) is -0.144. The van der Waals surface area contributed by atoms with E-state index in [1.807, 2.05) is 6.07 Å². The molecule has 3 heteroatoms. The predicted molar refractivity (Wildman–Crippen MR) is 71.9 cm³/mol. The Hall–Kier alpha value is -1.09. The van der Waals surface area contributed by atoms with Gasteiger partial charge in [-0.25, -0.2) is 4.39 Å². The summed E-state index contributed by atoms with van der Waals surface area (Å²) in [6, 6.07) is 5.69. The summed E-state index contributed by atoms with van der Waals surface area (Å²) >= 11 is 0. The summed E-state index contributed by atoms with van der Waals surface area (Å²) in [5.41, 5.74) is 7.30. The molecular weight excluding hydrogens is 215 g/mol. The van der Waals surface area contributed by atoms with Crippen molar-refractivity contribution in [3.63, 3.8) is 0 Å². The fourth-order valence-electron chi connectivity index (χ4n) is 2.15. The first-order valence-corrected chi connectivity index (χ1v) is 6.39. The van der Waals surface area contributed by atoms with Gasteiger partial charge in [-0.15, -0.1) is 0 Å². The molecule has 0 aliphatic rings. The number of halogens is 1. The van der Waals surface area contributed by atoms with Crippen LogP contribution in [0.15, 0.2) is 18.2 Å². The van der Waals surface area contributed by atoms with Gasteiger partial charge in [0.2, 0.25) is 0 Å². The largest absolute Gasteiger partial charge is 0.369 e. The molecule has 1 aromatic carbocycles. The van der Waals surface area contributed by atoms with Crippen molar-refractivity contribution in [2.75, 3.05) is 18.0 Å². The number of benzene rings is 1. The van der Waals surface area contributed by atoms with Crippen LogP contribution in [0, 0.1) is 5.82 Å². The molecule has 1 atom stereocenters. The minimum Gasteiger partial charge on any atom is -0.369 e. The molecule has 0 amide bonds. The predicted octanol–water partition coefficient (Wildman–Crippen LogP) is 2.95. The zero-order chi connectivity index (χ0) is 12.8. The Labute approximate surface area is 104 Å². The molecule has 0 aliphatic carbocycles. The lowest BCUT2D eigenvalue weighted by atomic mass is 10.1. The van der Waals surface area contributed by atoms with E-state index in [2.05, 4.69) is 25.7 Å². The molecule has 0 saturated heterocycles. The Morgan fingerprint density at radius 2 is 2.06 bits per heavy atom. The Kier molecular flexibility index (Phi) is 5.42. The third-order valence-corrected chi connectivity index (χ3v) is 3.26. The van der Waals surface area contributed by atoms with Gasteiger partial charge >= 0.3 is 0 Å². The van der Waals surface area contributed by atoms with E-state index < -0.39 is 0 Å². The maximum absolute atomic E-state index is 13.8. The molecule has 0 aliphatic heterocycles. The molecule has 1 aromatic rings. The molecule has 0 bridgehead atoms. The van der Waals surface area contributed by atoms with Crippen LogP contribution in [0.1, 0.15) is 32.8 Å². The summed E-state index contributed by atoms with van der Waals surface area (Å²) < 4.78 is 13.8. The van der Waals surface area contributed by atoms with Crippen LogP contribution < -0.4 is 10.6 Å². The second kappa shape index (κ2) is 6.60. The van der Waals surface area contributed by atoms with Crippen LogP contribution in [0.2, 0.25) is 0 Å². The Morgan fingerprint density at radius 1 is 1.35 bits per heavy atom. The normalized spacial score (nSPS) is 12.5. The van der Waals surface area contributed by atoms with E-state index in [9.17, 15) is 4.39 Å². The van der Waals surface area contributed by atoms with E-state index in [0.29, 0.717) is 19.0 Å². The molecule has 17 heavy (non-hydrogen) atoms. The lowest BCUT2D eigenvalue weighted by molar-refractivity contribution is 0.595. The standard InChI is InChI=1S/C14H23FN2/c1-4-11(3)17(5-2)14-8-6-7-13(15)12(14)9-10-16/h6-8,11H,4-5,9-10,16H2,1-3H3. The van der Waals surface area contributed by atoms with Crippen molar-refractivity contribution in [3.8, 4) is 0 Å². The summed E-state index contributed by atoms with van der Waals surface area (Å²) in [6.07, 6.45) is 1.64. The Bertz CT molecular complexity index is 352. The van der Waals surface area contributed by atoms with Gasteiger partial charge in [0.05, 0.1) is 0 Å². The number of rotatable bonds is 6. The lowest BCUT2D eigenvalue weighted by Crippen LogP contribution is -2.33. The Morgan fingerprint density at radius 3 is 2.59 bits per heavy atom. The van der Waals surface area contributed by atoms with Crippen molar-refractivity contribution in [3.05, 3.63) is 29.6 Å². The number of hydrogen-bond donors (Lipinski definition) is 1. The first-order chi connectivity index (χ1) is 8.15. The van der Waals surface area contributed by atoms with E-state index >= 15 is 0 Å². The highest BCUT2D eigenvalue weighted by atomic mass is 19.1. The molecule has 1 unspecified atom stereocenters. The second-order valence-corrected chi connectivity index (χ2v) is 4.32. The summed E-state index contributed by atoms with van der Waals surface area (Å²) in [7, 11) is 0. The molecule has 0 fully saturated rings. The van der Waals surface area contributed by atoms with Gasteiger partial charge in [-0.1, -0.05) is 13.0 Å². The molecule has 0 saturated carbocycles. The van der Waals surface area contributed by atoms with E-state index in [0.717, 1.165) is 24.2 Å². The van der Waals surface area contributed by atoms with Crippen molar-refractivity contribution < 1.29 is 4.39 Å². The van der Waals surface area contributed by atoms with Crippen molar-refractivity contribution >= 4 is 5.69 Å². The number of hydrogen-bond acceptors (Lipinski definition) is 2. The quantitative estimate of drug-likeness (QED) is 0.825. The van der Waals surface area contributed by atoms with Crippen LogP contribution in [0.3, 0.4) is 0 Å². The van der Waals surface area contributed by atoms with E-state index in [-0.39, 0.29) is 5.82 Å². The molecule has 0 heterocycles. The number of anilines is 1. The lowest BCUT2D eigenvalue weighted by Gasteiger charge is -2.31. The molecule has 2 N–H and O–H groups in total. The average Bonchev–Trinajstić information content (AvgIpc) is 2.34. The number of nitrogens with zero attached hydrogens (tertiary/aromatic N) is 1. The zero-order valence-corrected chi connectivity index (χ0v) is 11.0. The van der Waals surface area contributed by atoms with Crippen molar-refractivity contribution in [2.45, 2.75) is 39.7 Å². The van der Waals surface area contributed by atoms with Crippen molar-refractivity contribution in [1.82, 2.24) is 0 Å². The van der Waals surface area contributed by atoms with Crippen LogP contribution in [0.25, 0.3) is 0 Å². The van der Waals surface area contributed by atoms with Crippen LogP contribution in [-0.2, 0) is 6.42 Å². The molecular formula is C14H23FN2. The van der Waals surface area contributed by atoms with Crippen LogP contribution in [0.4, 0.5) is 10.1 Å². The third kappa shape index (κ3) is 3.19. The fourth-order valence-corrected chi connectivity index (χ4v) is 2.15. The van der Waals surface area contributed by atoms with Gasteiger partial charge in [0.15, 0.2) is 0 Å². The Balaban J connectivity index is 3.13. The van der Waals surface area contributed by atoms with Gasteiger partial charge < -0.3 is 10.6 Å². The van der Waals surface area contributed by atoms with Crippen LogP contribution in [0.5, 0.6) is 0 Å². The van der Waals surface area contributed by atoms with Crippen molar-refractivity contribution in [1.29, 1.82) is 0 Å². The second-order valence-electron chi connectivity index (χ2n) is 4.32. The zero-order valence-electron chi connectivity index (χ0n) is 11.0. The summed E-state index contributed by atoms with van der Waals surface area (Å²) in [5, 5.41) is 0. The molecule has 0 aromatic heterocycles. The minimum absolute atomic E-state index is 0.144. The van der Waals surface area contributed by atoms with E-state index in [1.54, 1.807) is 6.07 Å². The number of nitrogens with two attached hydrogens (primary N) is 1.